The summed E-state index contributed by atoms with van der Waals surface area (Å²) in [7, 11) is 0. The van der Waals surface area contributed by atoms with Crippen molar-refractivity contribution in [3.05, 3.63) is 30.3 Å². The molecule has 0 N–H and O–H groups in total. The van der Waals surface area contributed by atoms with Crippen LogP contribution in [0.3, 0.4) is 0 Å². The zero-order chi connectivity index (χ0) is 17.7. The van der Waals surface area contributed by atoms with E-state index >= 15 is 0 Å². The maximum atomic E-state index is 12.8. The zero-order valence-electron chi connectivity index (χ0n) is 14.6. The molecule has 1 aromatic rings. The molecule has 6 nitrogen and oxygen atoms in total. The highest BCUT2D eigenvalue weighted by Gasteiger charge is 2.55. The van der Waals surface area contributed by atoms with E-state index in [1.165, 1.54) is 4.90 Å². The standard InChI is InChI=1S/C19H23N3O3/c1-12(2)21-9-8-16(19(21)25)20-10-14-15(11-20)18(24)22(17(14)23)13-6-4-3-5-7-13/h3-7,12,14-16H,8-11H2,1-2H3. The Morgan fingerprint density at radius 3 is 2.04 bits per heavy atom. The normalized spacial score (nSPS) is 30.0. The summed E-state index contributed by atoms with van der Waals surface area (Å²) in [4.78, 5) is 43.5. The van der Waals surface area contributed by atoms with Gasteiger partial charge >= 0.3 is 0 Å². The minimum Gasteiger partial charge on any atom is -0.339 e. The number of hydrogen-bond acceptors (Lipinski definition) is 4. The van der Waals surface area contributed by atoms with Crippen LogP contribution in [0.4, 0.5) is 5.69 Å². The lowest BCUT2D eigenvalue weighted by atomic mass is 10.00. The Hall–Kier alpha value is -2.21. The molecule has 3 amide bonds. The highest BCUT2D eigenvalue weighted by atomic mass is 16.2. The number of rotatable bonds is 3. The van der Waals surface area contributed by atoms with Gasteiger partial charge in [-0.3, -0.25) is 19.3 Å². The van der Waals surface area contributed by atoms with Crippen LogP contribution in [-0.4, -0.2) is 59.2 Å². The molecule has 1 aromatic carbocycles. The lowest BCUT2D eigenvalue weighted by Gasteiger charge is -2.26. The minimum absolute atomic E-state index is 0.130. The first kappa shape index (κ1) is 16.3. The molecule has 0 saturated carbocycles. The molecular formula is C19H23N3O3. The number of anilines is 1. The van der Waals surface area contributed by atoms with E-state index in [4.69, 9.17) is 0 Å². The van der Waals surface area contributed by atoms with Gasteiger partial charge in [-0.05, 0) is 32.4 Å². The summed E-state index contributed by atoms with van der Waals surface area (Å²) in [6, 6.07) is 9.10. The van der Waals surface area contributed by atoms with Gasteiger partial charge < -0.3 is 4.90 Å². The average molecular weight is 341 g/mol. The Kier molecular flexibility index (Phi) is 3.87. The first-order valence-electron chi connectivity index (χ1n) is 8.96. The third-order valence-electron chi connectivity index (χ3n) is 5.71. The van der Waals surface area contributed by atoms with E-state index in [2.05, 4.69) is 4.90 Å². The summed E-state index contributed by atoms with van der Waals surface area (Å²) < 4.78 is 0. The number of benzene rings is 1. The molecule has 0 radical (unpaired) electrons. The molecule has 3 aliphatic rings. The second-order valence-electron chi connectivity index (χ2n) is 7.44. The lowest BCUT2D eigenvalue weighted by molar-refractivity contribution is -0.134. The molecule has 0 spiro atoms. The predicted molar refractivity (Wildman–Crippen MR) is 92.7 cm³/mol. The number of amides is 3. The van der Waals surface area contributed by atoms with Gasteiger partial charge in [0.15, 0.2) is 0 Å². The van der Waals surface area contributed by atoms with E-state index < -0.39 is 0 Å². The first-order chi connectivity index (χ1) is 12.0. The number of fused-ring (bicyclic) bond motifs is 1. The van der Waals surface area contributed by atoms with Gasteiger partial charge in [0.25, 0.3) is 0 Å². The van der Waals surface area contributed by atoms with Crippen LogP contribution in [0, 0.1) is 11.8 Å². The van der Waals surface area contributed by atoms with Crippen molar-refractivity contribution in [1.29, 1.82) is 0 Å². The fraction of sp³-hybridized carbons (Fsp3) is 0.526. The van der Waals surface area contributed by atoms with Gasteiger partial charge in [-0.1, -0.05) is 18.2 Å². The Bertz CT molecular complexity index is 694. The van der Waals surface area contributed by atoms with Crippen molar-refractivity contribution in [2.45, 2.75) is 32.4 Å². The molecule has 6 heteroatoms. The largest absolute Gasteiger partial charge is 0.339 e. The second-order valence-corrected chi connectivity index (χ2v) is 7.44. The van der Waals surface area contributed by atoms with Crippen molar-refractivity contribution in [2.75, 3.05) is 24.5 Å². The molecule has 3 saturated heterocycles. The van der Waals surface area contributed by atoms with Crippen molar-refractivity contribution in [3.8, 4) is 0 Å². The Morgan fingerprint density at radius 1 is 0.920 bits per heavy atom. The molecule has 0 aromatic heterocycles. The molecule has 132 valence electrons. The van der Waals surface area contributed by atoms with Crippen LogP contribution < -0.4 is 4.90 Å². The number of carbonyl (C=O) groups excluding carboxylic acids is 3. The molecule has 25 heavy (non-hydrogen) atoms. The number of carbonyl (C=O) groups is 3. The molecule has 3 aliphatic heterocycles. The Morgan fingerprint density at radius 2 is 1.52 bits per heavy atom. The fourth-order valence-corrected chi connectivity index (χ4v) is 4.40. The van der Waals surface area contributed by atoms with Crippen molar-refractivity contribution in [3.63, 3.8) is 0 Å². The fourth-order valence-electron chi connectivity index (χ4n) is 4.40. The number of hydrogen-bond donors (Lipinski definition) is 0. The monoisotopic (exact) mass is 341 g/mol. The van der Waals surface area contributed by atoms with E-state index in [1.807, 2.05) is 36.9 Å². The van der Waals surface area contributed by atoms with Crippen molar-refractivity contribution < 1.29 is 14.4 Å². The van der Waals surface area contributed by atoms with Crippen LogP contribution in [0.5, 0.6) is 0 Å². The van der Waals surface area contributed by atoms with Gasteiger partial charge in [0.05, 0.1) is 23.6 Å². The topological polar surface area (TPSA) is 60.9 Å². The van der Waals surface area contributed by atoms with Crippen LogP contribution in [0.2, 0.25) is 0 Å². The molecule has 4 rings (SSSR count). The third-order valence-corrected chi connectivity index (χ3v) is 5.71. The van der Waals surface area contributed by atoms with Crippen LogP contribution in [-0.2, 0) is 14.4 Å². The highest BCUT2D eigenvalue weighted by molar-refractivity contribution is 6.22. The predicted octanol–water partition coefficient (Wildman–Crippen LogP) is 1.12. The van der Waals surface area contributed by atoms with Gasteiger partial charge in [0, 0.05) is 25.7 Å². The van der Waals surface area contributed by atoms with E-state index in [-0.39, 0.29) is 41.6 Å². The summed E-state index contributed by atoms with van der Waals surface area (Å²) in [6.45, 7) is 5.79. The van der Waals surface area contributed by atoms with E-state index in [1.54, 1.807) is 12.1 Å². The zero-order valence-corrected chi connectivity index (χ0v) is 14.6. The van der Waals surface area contributed by atoms with Crippen LogP contribution >= 0.6 is 0 Å². The van der Waals surface area contributed by atoms with Gasteiger partial charge in [0.2, 0.25) is 17.7 Å². The highest BCUT2D eigenvalue weighted by Crippen LogP contribution is 2.38. The van der Waals surface area contributed by atoms with Gasteiger partial charge in [-0.2, -0.15) is 0 Å². The summed E-state index contributed by atoms with van der Waals surface area (Å²) >= 11 is 0. The maximum absolute atomic E-state index is 12.8. The SMILES string of the molecule is CC(C)N1CCC(N2CC3C(=O)N(c4ccccc4)C(=O)C3C2)C1=O. The van der Waals surface area contributed by atoms with Crippen molar-refractivity contribution in [1.82, 2.24) is 9.80 Å². The Balaban J connectivity index is 1.50. The summed E-state index contributed by atoms with van der Waals surface area (Å²) in [5.74, 6) is -0.776. The Labute approximate surface area is 147 Å². The van der Waals surface area contributed by atoms with E-state index in [0.717, 1.165) is 13.0 Å². The molecule has 3 heterocycles. The van der Waals surface area contributed by atoms with Gasteiger partial charge in [-0.25, -0.2) is 4.90 Å². The summed E-state index contributed by atoms with van der Waals surface area (Å²) in [5.41, 5.74) is 0.640. The first-order valence-corrected chi connectivity index (χ1v) is 8.96. The maximum Gasteiger partial charge on any atom is 0.240 e. The van der Waals surface area contributed by atoms with Crippen molar-refractivity contribution >= 4 is 23.4 Å². The molecule has 3 unspecified atom stereocenters. The van der Waals surface area contributed by atoms with Gasteiger partial charge in [-0.15, -0.1) is 0 Å². The quantitative estimate of drug-likeness (QED) is 0.773. The number of likely N-dealkylation sites (tertiary alicyclic amines) is 2. The average Bonchev–Trinajstić information content (AvgIpc) is 3.24. The molecule has 0 bridgehead atoms. The summed E-state index contributed by atoms with van der Waals surface area (Å²) in [5, 5.41) is 0. The molecule has 3 atom stereocenters. The minimum atomic E-state index is -0.325. The smallest absolute Gasteiger partial charge is 0.240 e. The summed E-state index contributed by atoms with van der Waals surface area (Å²) in [6.07, 6.45) is 0.779. The van der Waals surface area contributed by atoms with Crippen LogP contribution in [0.25, 0.3) is 0 Å². The number of imide groups is 1. The van der Waals surface area contributed by atoms with Crippen LogP contribution in [0.15, 0.2) is 30.3 Å². The lowest BCUT2D eigenvalue weighted by Crippen LogP contribution is -2.44. The van der Waals surface area contributed by atoms with Crippen LogP contribution in [0.1, 0.15) is 20.3 Å². The molecule has 3 fully saturated rings. The van der Waals surface area contributed by atoms with E-state index in [9.17, 15) is 14.4 Å². The van der Waals surface area contributed by atoms with Gasteiger partial charge in [0.1, 0.15) is 0 Å². The number of nitrogens with zero attached hydrogens (tertiary/aromatic N) is 3. The molecule has 0 aliphatic carbocycles. The number of para-hydroxylation sites is 1. The third kappa shape index (κ3) is 2.47. The van der Waals surface area contributed by atoms with Crippen molar-refractivity contribution in [2.24, 2.45) is 11.8 Å². The molecular weight excluding hydrogens is 318 g/mol. The van der Waals surface area contributed by atoms with E-state index in [0.29, 0.717) is 18.8 Å². The second kappa shape index (κ2) is 5.95.